The zero-order chi connectivity index (χ0) is 8.10. The average Bonchev–Trinajstić information content (AvgIpc) is 2.38. The summed E-state index contributed by atoms with van der Waals surface area (Å²) in [7, 11) is 3.48. The highest BCUT2D eigenvalue weighted by atomic mass is 16.5. The summed E-state index contributed by atoms with van der Waals surface area (Å²) in [6, 6.07) is 1.08. The number of hydrogen-bond donors (Lipinski definition) is 1. The monoisotopic (exact) mass is 191 g/mol. The molecule has 1 fully saturated rings. The first-order valence-electron chi connectivity index (χ1n) is 4.10. The highest BCUT2D eigenvalue weighted by Gasteiger charge is 2.22. The van der Waals surface area contributed by atoms with Crippen molar-refractivity contribution >= 4 is 0 Å². The lowest BCUT2D eigenvalue weighted by molar-refractivity contribution is 0.153. The number of rotatable bonds is 4. The van der Waals surface area contributed by atoms with Gasteiger partial charge >= 0.3 is 0 Å². The summed E-state index contributed by atoms with van der Waals surface area (Å²) in [4.78, 5) is 0. The van der Waals surface area contributed by atoms with Crippen LogP contribution in [0, 0.1) is 0 Å². The normalized spacial score (nSPS) is 26.3. The fourth-order valence-electron chi connectivity index (χ4n) is 1.57. The summed E-state index contributed by atoms with van der Waals surface area (Å²) < 4.78 is 10.1. The van der Waals surface area contributed by atoms with Crippen molar-refractivity contribution in [1.29, 1.82) is 0 Å². The van der Waals surface area contributed by atoms with Crippen LogP contribution in [0.3, 0.4) is 0 Å². The fourth-order valence-corrected chi connectivity index (χ4v) is 1.57. The molecule has 3 nitrogen and oxygen atoms in total. The summed E-state index contributed by atoms with van der Waals surface area (Å²) >= 11 is 0. The summed E-state index contributed by atoms with van der Waals surface area (Å²) in [5.41, 5.74) is 0. The molecule has 0 aromatic rings. The molecule has 1 heterocycles. The van der Waals surface area contributed by atoms with Crippen molar-refractivity contribution in [3.05, 3.63) is 0 Å². The van der Waals surface area contributed by atoms with E-state index in [1.807, 2.05) is 0 Å². The Hall–Kier alpha value is -0.120. The van der Waals surface area contributed by atoms with Gasteiger partial charge in [-0.3, -0.25) is 0 Å². The molecule has 1 rings (SSSR count). The van der Waals surface area contributed by atoms with Crippen LogP contribution in [0.4, 0.5) is 0 Å². The Balaban J connectivity index is 0. The van der Waals surface area contributed by atoms with E-state index in [1.54, 1.807) is 14.2 Å². The number of ether oxygens (including phenoxy) is 2. The van der Waals surface area contributed by atoms with Crippen LogP contribution in [0.25, 0.3) is 0 Å². The van der Waals surface area contributed by atoms with Crippen molar-refractivity contribution in [2.24, 2.45) is 0 Å². The molecule has 13 heavy (non-hydrogen) atoms. The topological polar surface area (TPSA) is 30.5 Å². The molecule has 1 aliphatic heterocycles. The first kappa shape index (κ1) is 15.4. The van der Waals surface area contributed by atoms with Gasteiger partial charge in [-0.1, -0.05) is 14.9 Å². The minimum atomic E-state index is 0. The van der Waals surface area contributed by atoms with Crippen LogP contribution in [0.5, 0.6) is 0 Å². The Kier molecular flexibility index (Phi) is 10.0. The van der Waals surface area contributed by atoms with Crippen LogP contribution in [-0.4, -0.2) is 39.5 Å². The first-order chi connectivity index (χ1) is 5.36. The molecule has 1 N–H and O–H groups in total. The molecule has 82 valence electrons. The van der Waals surface area contributed by atoms with Gasteiger partial charge in [0.15, 0.2) is 0 Å². The van der Waals surface area contributed by atoms with Gasteiger partial charge in [0.2, 0.25) is 0 Å². The van der Waals surface area contributed by atoms with E-state index < -0.39 is 0 Å². The average molecular weight is 191 g/mol. The Morgan fingerprint density at radius 2 is 1.38 bits per heavy atom. The van der Waals surface area contributed by atoms with Crippen molar-refractivity contribution in [1.82, 2.24) is 5.32 Å². The van der Waals surface area contributed by atoms with Gasteiger partial charge in [0.1, 0.15) is 0 Å². The Morgan fingerprint density at radius 1 is 1.00 bits per heavy atom. The van der Waals surface area contributed by atoms with Crippen molar-refractivity contribution < 1.29 is 9.47 Å². The van der Waals surface area contributed by atoms with E-state index in [1.165, 1.54) is 12.8 Å². The second-order valence-corrected chi connectivity index (χ2v) is 3.05. The molecule has 1 aliphatic rings. The maximum absolute atomic E-state index is 5.05. The molecule has 2 atom stereocenters. The minimum Gasteiger partial charge on any atom is -0.383 e. The Morgan fingerprint density at radius 3 is 1.69 bits per heavy atom. The fraction of sp³-hybridized carbons (Fsp3) is 1.00. The standard InChI is InChI=1S/C8H17NO2.2CH4/c1-10-5-7-3-4-8(9-7)6-11-2;;/h7-9H,3-6H2,1-2H3;2*1H4/t7-,8-;;/m1../s1. The van der Waals surface area contributed by atoms with Crippen LogP contribution < -0.4 is 5.32 Å². The van der Waals surface area contributed by atoms with Gasteiger partial charge in [0.25, 0.3) is 0 Å². The molecule has 0 aromatic carbocycles. The lowest BCUT2D eigenvalue weighted by Crippen LogP contribution is -2.34. The van der Waals surface area contributed by atoms with Gasteiger partial charge in [0, 0.05) is 26.3 Å². The van der Waals surface area contributed by atoms with Crippen LogP contribution >= 0.6 is 0 Å². The smallest absolute Gasteiger partial charge is 0.0615 e. The summed E-state index contributed by atoms with van der Waals surface area (Å²) in [6.07, 6.45) is 2.42. The molecule has 0 aromatic heterocycles. The molecule has 0 radical (unpaired) electrons. The molecule has 0 aliphatic carbocycles. The molecule has 0 spiro atoms. The van der Waals surface area contributed by atoms with Crippen molar-refractivity contribution in [3.8, 4) is 0 Å². The van der Waals surface area contributed by atoms with Gasteiger partial charge in [-0.2, -0.15) is 0 Å². The second-order valence-electron chi connectivity index (χ2n) is 3.05. The van der Waals surface area contributed by atoms with Gasteiger partial charge in [-0.05, 0) is 12.8 Å². The van der Waals surface area contributed by atoms with E-state index >= 15 is 0 Å². The number of methoxy groups -OCH3 is 2. The van der Waals surface area contributed by atoms with E-state index in [9.17, 15) is 0 Å². The highest BCUT2D eigenvalue weighted by molar-refractivity contribution is 4.82. The summed E-state index contributed by atoms with van der Waals surface area (Å²) in [5, 5.41) is 3.44. The maximum Gasteiger partial charge on any atom is 0.0615 e. The van der Waals surface area contributed by atoms with E-state index in [-0.39, 0.29) is 14.9 Å². The zero-order valence-electron chi connectivity index (χ0n) is 7.30. The third kappa shape index (κ3) is 5.24. The van der Waals surface area contributed by atoms with Crippen molar-refractivity contribution in [3.63, 3.8) is 0 Å². The van der Waals surface area contributed by atoms with Gasteiger partial charge in [-0.25, -0.2) is 0 Å². The van der Waals surface area contributed by atoms with Crippen LogP contribution in [-0.2, 0) is 9.47 Å². The number of hydrogen-bond acceptors (Lipinski definition) is 3. The predicted octanol–water partition coefficient (Wildman–Crippen LogP) is 1.67. The Labute approximate surface area is 82.8 Å². The van der Waals surface area contributed by atoms with Crippen LogP contribution in [0.1, 0.15) is 27.7 Å². The molecule has 0 amide bonds. The molecular formula is C10H25NO2. The Bertz CT molecular complexity index is 97.1. The van der Waals surface area contributed by atoms with E-state index in [4.69, 9.17) is 9.47 Å². The largest absolute Gasteiger partial charge is 0.383 e. The van der Waals surface area contributed by atoms with Crippen molar-refractivity contribution in [2.45, 2.75) is 39.8 Å². The van der Waals surface area contributed by atoms with Gasteiger partial charge < -0.3 is 14.8 Å². The summed E-state index contributed by atoms with van der Waals surface area (Å²) in [6.45, 7) is 1.64. The van der Waals surface area contributed by atoms with Gasteiger partial charge in [-0.15, -0.1) is 0 Å². The third-order valence-corrected chi connectivity index (χ3v) is 2.07. The molecular weight excluding hydrogens is 166 g/mol. The molecule has 3 heteroatoms. The third-order valence-electron chi connectivity index (χ3n) is 2.07. The first-order valence-corrected chi connectivity index (χ1v) is 4.10. The molecule has 0 bridgehead atoms. The van der Waals surface area contributed by atoms with E-state index in [0.717, 1.165) is 13.2 Å². The lowest BCUT2D eigenvalue weighted by atomic mass is 10.2. The van der Waals surface area contributed by atoms with E-state index in [0.29, 0.717) is 12.1 Å². The van der Waals surface area contributed by atoms with Crippen LogP contribution in [0.15, 0.2) is 0 Å². The SMILES string of the molecule is C.C.COC[C@H]1CC[C@H](COC)N1. The van der Waals surface area contributed by atoms with E-state index in [2.05, 4.69) is 5.32 Å². The predicted molar refractivity (Wildman–Crippen MR) is 57.2 cm³/mol. The quantitative estimate of drug-likeness (QED) is 0.733. The molecule has 1 saturated heterocycles. The highest BCUT2D eigenvalue weighted by Crippen LogP contribution is 2.12. The molecule has 0 saturated carbocycles. The van der Waals surface area contributed by atoms with Crippen molar-refractivity contribution in [2.75, 3.05) is 27.4 Å². The lowest BCUT2D eigenvalue weighted by Gasteiger charge is -2.12. The number of nitrogens with one attached hydrogen (secondary N) is 1. The zero-order valence-corrected chi connectivity index (χ0v) is 7.30. The summed E-state index contributed by atoms with van der Waals surface area (Å²) in [5.74, 6) is 0. The van der Waals surface area contributed by atoms with Gasteiger partial charge in [0.05, 0.1) is 13.2 Å². The second kappa shape index (κ2) is 8.48. The maximum atomic E-state index is 5.05. The minimum absolute atomic E-state index is 0. The molecule has 0 unspecified atom stereocenters. The van der Waals surface area contributed by atoms with Crippen LogP contribution in [0.2, 0.25) is 0 Å².